The van der Waals surface area contributed by atoms with Crippen LogP contribution in [0.4, 0.5) is 0 Å². The van der Waals surface area contributed by atoms with E-state index in [-0.39, 0.29) is 29.9 Å². The topological polar surface area (TPSA) is 111 Å². The SMILES string of the molecule is CC(=O)Cc1nnc([C@H](Cc2cccc(CN)c2)NC(C)=O)o1. The molecule has 0 radical (unpaired) electrons. The molecule has 7 heteroatoms. The Morgan fingerprint density at radius 1 is 1.26 bits per heavy atom. The molecule has 0 fully saturated rings. The first-order valence-corrected chi connectivity index (χ1v) is 7.34. The Hall–Kier alpha value is -2.54. The van der Waals surface area contributed by atoms with Crippen LogP contribution in [0.1, 0.15) is 42.8 Å². The lowest BCUT2D eigenvalue weighted by Gasteiger charge is -2.14. The summed E-state index contributed by atoms with van der Waals surface area (Å²) in [7, 11) is 0. The summed E-state index contributed by atoms with van der Waals surface area (Å²) in [6.07, 6.45) is 0.581. The van der Waals surface area contributed by atoms with E-state index in [1.54, 1.807) is 0 Å². The van der Waals surface area contributed by atoms with Gasteiger partial charge in [-0.3, -0.25) is 9.59 Å². The fourth-order valence-electron chi connectivity index (χ4n) is 2.26. The van der Waals surface area contributed by atoms with Crippen molar-refractivity contribution in [2.45, 2.75) is 39.3 Å². The minimum absolute atomic E-state index is 0.0630. The van der Waals surface area contributed by atoms with Gasteiger partial charge in [0.05, 0.1) is 6.42 Å². The van der Waals surface area contributed by atoms with Crippen LogP contribution in [0.2, 0.25) is 0 Å². The molecule has 122 valence electrons. The van der Waals surface area contributed by atoms with E-state index in [0.717, 1.165) is 11.1 Å². The van der Waals surface area contributed by atoms with Crippen molar-refractivity contribution in [2.75, 3.05) is 0 Å². The first kappa shape index (κ1) is 16.8. The molecule has 2 aromatic rings. The number of carbonyl (C=O) groups excluding carboxylic acids is 2. The quantitative estimate of drug-likeness (QED) is 0.790. The third-order valence-electron chi connectivity index (χ3n) is 3.23. The minimum Gasteiger partial charge on any atom is -0.423 e. The Bertz CT molecular complexity index is 696. The fraction of sp³-hybridized carbons (Fsp3) is 0.375. The molecule has 3 N–H and O–H groups in total. The van der Waals surface area contributed by atoms with Gasteiger partial charge in [0.15, 0.2) is 0 Å². The molecule has 0 aliphatic rings. The van der Waals surface area contributed by atoms with Crippen LogP contribution in [0.15, 0.2) is 28.7 Å². The van der Waals surface area contributed by atoms with E-state index in [2.05, 4.69) is 15.5 Å². The molecule has 1 aromatic heterocycles. The third kappa shape index (κ3) is 5.00. The Balaban J connectivity index is 2.20. The molecule has 0 bridgehead atoms. The molecule has 0 saturated carbocycles. The van der Waals surface area contributed by atoms with E-state index in [1.165, 1.54) is 13.8 Å². The lowest BCUT2D eigenvalue weighted by atomic mass is 10.0. The molecule has 1 heterocycles. The van der Waals surface area contributed by atoms with Gasteiger partial charge >= 0.3 is 0 Å². The monoisotopic (exact) mass is 316 g/mol. The van der Waals surface area contributed by atoms with E-state index < -0.39 is 6.04 Å². The second-order valence-corrected chi connectivity index (χ2v) is 5.39. The molecule has 1 aromatic carbocycles. The molecular formula is C16H20N4O3. The first-order valence-electron chi connectivity index (χ1n) is 7.34. The number of Topliss-reactive ketones (excluding diaryl/α,β-unsaturated/α-hetero) is 1. The lowest BCUT2D eigenvalue weighted by Crippen LogP contribution is -2.28. The first-order chi connectivity index (χ1) is 11.0. The van der Waals surface area contributed by atoms with Gasteiger partial charge in [-0.1, -0.05) is 24.3 Å². The predicted octanol–water partition coefficient (Wildman–Crippen LogP) is 1.08. The normalized spacial score (nSPS) is 12.0. The van der Waals surface area contributed by atoms with Crippen LogP contribution in [-0.4, -0.2) is 21.9 Å². The van der Waals surface area contributed by atoms with Gasteiger partial charge < -0.3 is 15.5 Å². The number of hydrogen-bond acceptors (Lipinski definition) is 6. The Morgan fingerprint density at radius 3 is 2.65 bits per heavy atom. The largest absolute Gasteiger partial charge is 0.423 e. The molecule has 0 unspecified atom stereocenters. The van der Waals surface area contributed by atoms with E-state index in [4.69, 9.17) is 10.2 Å². The van der Waals surface area contributed by atoms with E-state index in [0.29, 0.717) is 13.0 Å². The van der Waals surface area contributed by atoms with Gasteiger partial charge in [-0.25, -0.2) is 0 Å². The maximum atomic E-state index is 11.5. The highest BCUT2D eigenvalue weighted by atomic mass is 16.4. The summed E-state index contributed by atoms with van der Waals surface area (Å²) >= 11 is 0. The van der Waals surface area contributed by atoms with Crippen molar-refractivity contribution >= 4 is 11.7 Å². The highest BCUT2D eigenvalue weighted by Crippen LogP contribution is 2.19. The molecule has 1 amide bonds. The molecule has 7 nitrogen and oxygen atoms in total. The van der Waals surface area contributed by atoms with Crippen LogP contribution in [-0.2, 0) is 29.0 Å². The number of rotatable bonds is 7. The molecule has 0 spiro atoms. The standard InChI is InChI=1S/C16H20N4O3/c1-10(21)6-15-19-20-16(23-15)14(18-11(2)22)8-12-4-3-5-13(7-12)9-17/h3-5,7,14H,6,8-9,17H2,1-2H3,(H,18,22)/t14-/m0/s1. The van der Waals surface area contributed by atoms with Crippen molar-refractivity contribution in [3.8, 4) is 0 Å². The summed E-state index contributed by atoms with van der Waals surface area (Å²) in [5.74, 6) is 0.274. The van der Waals surface area contributed by atoms with Crippen LogP contribution >= 0.6 is 0 Å². The third-order valence-corrected chi connectivity index (χ3v) is 3.23. The van der Waals surface area contributed by atoms with Gasteiger partial charge in [0, 0.05) is 19.9 Å². The van der Waals surface area contributed by atoms with E-state index in [9.17, 15) is 9.59 Å². The van der Waals surface area contributed by atoms with Crippen LogP contribution in [0, 0.1) is 0 Å². The summed E-state index contributed by atoms with van der Waals surface area (Å²) in [5.41, 5.74) is 7.65. The number of nitrogens with one attached hydrogen (secondary N) is 1. The molecule has 0 aliphatic carbocycles. The molecule has 1 atom stereocenters. The van der Waals surface area contributed by atoms with Crippen molar-refractivity contribution < 1.29 is 14.0 Å². The molecular weight excluding hydrogens is 296 g/mol. The van der Waals surface area contributed by atoms with Gasteiger partial charge in [-0.2, -0.15) is 0 Å². The Kier molecular flexibility index (Phi) is 5.59. The number of carbonyl (C=O) groups is 2. The highest BCUT2D eigenvalue weighted by molar-refractivity contribution is 5.77. The number of hydrogen-bond donors (Lipinski definition) is 2. The van der Waals surface area contributed by atoms with Gasteiger partial charge in [0.2, 0.25) is 17.7 Å². The summed E-state index contributed by atoms with van der Waals surface area (Å²) in [6.45, 7) is 3.33. The Labute approximate surface area is 134 Å². The number of nitrogens with two attached hydrogens (primary N) is 1. The van der Waals surface area contributed by atoms with Gasteiger partial charge in [-0.05, 0) is 18.1 Å². The number of amides is 1. The zero-order valence-corrected chi connectivity index (χ0v) is 13.2. The van der Waals surface area contributed by atoms with Gasteiger partial charge in [0.25, 0.3) is 0 Å². The van der Waals surface area contributed by atoms with Crippen molar-refractivity contribution in [1.29, 1.82) is 0 Å². The summed E-state index contributed by atoms with van der Waals surface area (Å²) in [6, 6.07) is 7.32. The van der Waals surface area contributed by atoms with Crippen molar-refractivity contribution in [2.24, 2.45) is 5.73 Å². The zero-order valence-electron chi connectivity index (χ0n) is 13.2. The fourth-order valence-corrected chi connectivity index (χ4v) is 2.26. The Morgan fingerprint density at radius 2 is 2.00 bits per heavy atom. The number of ketones is 1. The maximum Gasteiger partial charge on any atom is 0.239 e. The minimum atomic E-state index is -0.450. The summed E-state index contributed by atoms with van der Waals surface area (Å²) in [4.78, 5) is 22.6. The van der Waals surface area contributed by atoms with E-state index >= 15 is 0 Å². The second-order valence-electron chi connectivity index (χ2n) is 5.39. The highest BCUT2D eigenvalue weighted by Gasteiger charge is 2.21. The average Bonchev–Trinajstić information content (AvgIpc) is 2.94. The lowest BCUT2D eigenvalue weighted by molar-refractivity contribution is -0.120. The van der Waals surface area contributed by atoms with Crippen LogP contribution < -0.4 is 11.1 Å². The summed E-state index contributed by atoms with van der Waals surface area (Å²) < 4.78 is 5.50. The van der Waals surface area contributed by atoms with Gasteiger partial charge in [-0.15, -0.1) is 10.2 Å². The average molecular weight is 316 g/mol. The zero-order chi connectivity index (χ0) is 16.8. The van der Waals surface area contributed by atoms with Crippen LogP contribution in [0.3, 0.4) is 0 Å². The van der Waals surface area contributed by atoms with Crippen LogP contribution in [0.5, 0.6) is 0 Å². The van der Waals surface area contributed by atoms with Gasteiger partial charge in [0.1, 0.15) is 11.8 Å². The van der Waals surface area contributed by atoms with Crippen LogP contribution in [0.25, 0.3) is 0 Å². The van der Waals surface area contributed by atoms with Crippen molar-refractivity contribution in [3.63, 3.8) is 0 Å². The summed E-state index contributed by atoms with van der Waals surface area (Å²) in [5, 5.41) is 10.6. The molecule has 23 heavy (non-hydrogen) atoms. The van der Waals surface area contributed by atoms with Crippen molar-refractivity contribution in [1.82, 2.24) is 15.5 Å². The molecule has 2 rings (SSSR count). The van der Waals surface area contributed by atoms with E-state index in [1.807, 2.05) is 24.3 Å². The maximum absolute atomic E-state index is 11.5. The number of aromatic nitrogens is 2. The molecule has 0 aliphatic heterocycles. The molecule has 0 saturated heterocycles. The number of nitrogens with zero attached hydrogens (tertiary/aromatic N) is 2. The smallest absolute Gasteiger partial charge is 0.239 e. The number of benzene rings is 1. The van der Waals surface area contributed by atoms with Crippen molar-refractivity contribution in [3.05, 3.63) is 47.2 Å². The predicted molar refractivity (Wildman–Crippen MR) is 83.3 cm³/mol. The second kappa shape index (κ2) is 7.64.